The van der Waals surface area contributed by atoms with Crippen LogP contribution in [0.25, 0.3) is 0 Å². The lowest BCUT2D eigenvalue weighted by Crippen LogP contribution is -2.50. The summed E-state index contributed by atoms with van der Waals surface area (Å²) in [5.41, 5.74) is 3.65. The van der Waals surface area contributed by atoms with E-state index in [0.29, 0.717) is 77.2 Å². The monoisotopic (exact) mass is 928 g/mol. The number of likely N-dealkylation sites (tertiary alicyclic amines) is 2. The van der Waals surface area contributed by atoms with E-state index in [0.717, 1.165) is 68.8 Å². The molecule has 3 amide bonds. The van der Waals surface area contributed by atoms with Gasteiger partial charge in [-0.05, 0) is 137 Å². The van der Waals surface area contributed by atoms with E-state index in [1.807, 2.05) is 40.7 Å². The summed E-state index contributed by atoms with van der Waals surface area (Å²) in [5.74, 6) is 2.47. The lowest BCUT2D eigenvalue weighted by molar-refractivity contribution is 0.0240. The number of ether oxygens (including phenoxy) is 3. The average Bonchev–Trinajstić information content (AvgIpc) is 3.29. The van der Waals surface area contributed by atoms with Crippen LogP contribution in [-0.2, 0) is 4.74 Å². The number of benzene rings is 2. The summed E-state index contributed by atoms with van der Waals surface area (Å²) in [4.78, 5) is 63.9. The number of carbonyl (C=O) groups is 3. The minimum atomic E-state index is -0.520. The highest BCUT2D eigenvalue weighted by Gasteiger charge is 2.28. The summed E-state index contributed by atoms with van der Waals surface area (Å²) < 4.78 is 16.5. The van der Waals surface area contributed by atoms with Gasteiger partial charge in [0.2, 0.25) is 11.9 Å². The minimum absolute atomic E-state index is 0.0935. The summed E-state index contributed by atoms with van der Waals surface area (Å²) in [7, 11) is 7.33. The third-order valence-corrected chi connectivity index (χ3v) is 12.0. The molecule has 3 aliphatic heterocycles. The van der Waals surface area contributed by atoms with Crippen molar-refractivity contribution in [1.29, 1.82) is 0 Å². The maximum absolute atomic E-state index is 12.9. The van der Waals surface area contributed by atoms with Gasteiger partial charge in [0.1, 0.15) is 28.1 Å². The number of aromatic nitrogens is 4. The third kappa shape index (κ3) is 13.8. The molecule has 0 spiro atoms. The van der Waals surface area contributed by atoms with Crippen LogP contribution in [0.15, 0.2) is 48.8 Å². The molecule has 4 N–H and O–H groups in total. The number of aryl methyl sites for hydroxylation is 2. The summed E-state index contributed by atoms with van der Waals surface area (Å²) in [6, 6.07) is 11.0. The van der Waals surface area contributed by atoms with E-state index in [-0.39, 0.29) is 30.0 Å². The van der Waals surface area contributed by atoms with Crippen molar-refractivity contribution < 1.29 is 28.6 Å². The molecule has 4 aromatic rings. The second kappa shape index (κ2) is 22.5. The van der Waals surface area contributed by atoms with Gasteiger partial charge in [0.05, 0.1) is 25.6 Å². The van der Waals surface area contributed by atoms with Crippen LogP contribution in [0.1, 0.15) is 78.3 Å². The predicted molar refractivity (Wildman–Crippen MR) is 257 cm³/mol. The standard InChI is InChI=1S/C28H41N7O4.C19H24ClN5O2/c1-19-18-29-26(32-24(19)34-13-15-35(16-14-34)27(37)39-28(2,3)4)31-22-8-7-20(17-23(22)38-6)25(36)30-21-9-11-33(5)12-10-21;1-12-11-21-19(24-17(12)20)23-15-5-4-13(10-16(15)27-3)18(26)22-14-6-8-25(2)9-7-14/h7-8,17-18,21H,9-16H2,1-6H3,(H,30,36)(H,29,31,32);4-5,10-11,14H,6-9H2,1-3H3,(H,22,26)(H,21,23,24). The van der Waals surface area contributed by atoms with E-state index >= 15 is 0 Å². The van der Waals surface area contributed by atoms with E-state index < -0.39 is 5.60 Å². The second-order valence-corrected chi connectivity index (χ2v) is 18.4. The highest BCUT2D eigenvalue weighted by atomic mass is 35.5. The van der Waals surface area contributed by atoms with Crippen LogP contribution in [0.4, 0.5) is 33.9 Å². The second-order valence-electron chi connectivity index (χ2n) is 18.0. The Bertz CT molecular complexity index is 2310. The van der Waals surface area contributed by atoms with Gasteiger partial charge in [0, 0.05) is 72.9 Å². The Labute approximate surface area is 393 Å². The van der Waals surface area contributed by atoms with Crippen LogP contribution in [0.5, 0.6) is 11.5 Å². The highest BCUT2D eigenvalue weighted by molar-refractivity contribution is 6.30. The molecule has 0 aliphatic carbocycles. The van der Waals surface area contributed by atoms with E-state index in [4.69, 9.17) is 30.8 Å². The Morgan fingerprint density at radius 1 is 0.667 bits per heavy atom. The maximum Gasteiger partial charge on any atom is 0.410 e. The first-order valence-electron chi connectivity index (χ1n) is 22.4. The zero-order chi connectivity index (χ0) is 47.5. The maximum atomic E-state index is 12.9. The van der Waals surface area contributed by atoms with Crippen molar-refractivity contribution in [2.75, 3.05) is 96.2 Å². The van der Waals surface area contributed by atoms with E-state index in [1.165, 1.54) is 0 Å². The molecule has 0 unspecified atom stereocenters. The summed E-state index contributed by atoms with van der Waals surface area (Å²) in [6.45, 7) is 15.8. The number of carbonyl (C=O) groups excluding carboxylic acids is 3. The van der Waals surface area contributed by atoms with Gasteiger partial charge in [-0.3, -0.25) is 9.59 Å². The molecular formula is C47H65ClN12O6. The number of nitrogens with zero attached hydrogens (tertiary/aromatic N) is 8. The first kappa shape index (κ1) is 49.5. The van der Waals surface area contributed by atoms with Crippen LogP contribution in [0, 0.1) is 13.8 Å². The number of methoxy groups -OCH3 is 2. The molecule has 2 aromatic heterocycles. The van der Waals surface area contributed by atoms with Gasteiger partial charge in [-0.25, -0.2) is 19.7 Å². The molecule has 0 atom stereocenters. The van der Waals surface area contributed by atoms with Crippen molar-refractivity contribution in [1.82, 2.24) is 45.3 Å². The van der Waals surface area contributed by atoms with E-state index in [9.17, 15) is 14.4 Å². The van der Waals surface area contributed by atoms with Crippen molar-refractivity contribution in [3.8, 4) is 11.5 Å². The van der Waals surface area contributed by atoms with Gasteiger partial charge >= 0.3 is 6.09 Å². The first-order valence-corrected chi connectivity index (χ1v) is 22.8. The number of hydrogen-bond donors (Lipinski definition) is 4. The Hall–Kier alpha value is -5.98. The van der Waals surface area contributed by atoms with Gasteiger partial charge < -0.3 is 55.1 Å². The topological polar surface area (TPSA) is 192 Å². The Morgan fingerprint density at radius 2 is 1.12 bits per heavy atom. The van der Waals surface area contributed by atoms with Gasteiger partial charge in [0.25, 0.3) is 11.8 Å². The highest BCUT2D eigenvalue weighted by Crippen LogP contribution is 2.31. The Balaban J connectivity index is 0.000000233. The molecule has 18 nitrogen and oxygen atoms in total. The Morgan fingerprint density at radius 3 is 1.56 bits per heavy atom. The third-order valence-electron chi connectivity index (χ3n) is 11.6. The molecule has 0 bridgehead atoms. The quantitative estimate of drug-likeness (QED) is 0.120. The number of anilines is 5. The Kier molecular flexibility index (Phi) is 16.8. The normalized spacial score (nSPS) is 16.4. The number of halogens is 1. The molecule has 66 heavy (non-hydrogen) atoms. The largest absolute Gasteiger partial charge is 0.495 e. The van der Waals surface area contributed by atoms with Crippen LogP contribution in [0.2, 0.25) is 5.15 Å². The number of hydrogen-bond acceptors (Lipinski definition) is 15. The molecule has 3 saturated heterocycles. The van der Waals surface area contributed by atoms with Crippen molar-refractivity contribution in [2.45, 2.75) is 78.0 Å². The van der Waals surface area contributed by atoms with Gasteiger partial charge in [-0.1, -0.05) is 11.6 Å². The van der Waals surface area contributed by atoms with Crippen LogP contribution in [-0.4, -0.2) is 151 Å². The molecule has 3 fully saturated rings. The number of nitrogens with one attached hydrogen (secondary N) is 4. The molecule has 7 rings (SSSR count). The SMILES string of the molecule is COc1cc(C(=O)NC2CCN(C)CC2)ccc1Nc1ncc(C)c(Cl)n1.COc1cc(C(=O)NC2CCN(C)CC2)ccc1Nc1ncc(C)c(N2CCN(C(=O)OC(C)(C)C)CC2)n1. The molecular weight excluding hydrogens is 864 g/mol. The predicted octanol–water partition coefficient (Wildman–Crippen LogP) is 6.43. The number of piperidine rings is 2. The minimum Gasteiger partial charge on any atom is -0.495 e. The summed E-state index contributed by atoms with van der Waals surface area (Å²) >= 11 is 6.04. The van der Waals surface area contributed by atoms with E-state index in [2.05, 4.69) is 65.0 Å². The zero-order valence-corrected chi connectivity index (χ0v) is 40.4. The fourth-order valence-corrected chi connectivity index (χ4v) is 7.81. The number of amides is 3. The number of rotatable bonds is 11. The van der Waals surface area contributed by atoms with Gasteiger partial charge in [-0.15, -0.1) is 0 Å². The molecule has 19 heteroatoms. The van der Waals surface area contributed by atoms with Gasteiger partial charge in [-0.2, -0.15) is 4.98 Å². The molecule has 3 aliphatic rings. The molecule has 2 aromatic carbocycles. The molecule has 356 valence electrons. The van der Waals surface area contributed by atoms with Crippen LogP contribution in [0.3, 0.4) is 0 Å². The molecule has 0 radical (unpaired) electrons. The first-order chi connectivity index (χ1) is 31.5. The lowest BCUT2D eigenvalue weighted by atomic mass is 10.0. The van der Waals surface area contributed by atoms with Crippen LogP contribution < -0.4 is 35.6 Å². The molecule has 5 heterocycles. The van der Waals surface area contributed by atoms with Crippen molar-refractivity contribution >= 4 is 58.6 Å². The fourth-order valence-electron chi connectivity index (χ4n) is 7.68. The molecule has 0 saturated carbocycles. The van der Waals surface area contributed by atoms with Crippen LogP contribution >= 0.6 is 11.6 Å². The smallest absolute Gasteiger partial charge is 0.410 e. The van der Waals surface area contributed by atoms with Crippen molar-refractivity contribution in [2.24, 2.45) is 0 Å². The average molecular weight is 930 g/mol. The summed E-state index contributed by atoms with van der Waals surface area (Å²) in [5, 5.41) is 13.0. The number of piperazine rings is 1. The van der Waals surface area contributed by atoms with E-state index in [1.54, 1.807) is 61.8 Å². The fraction of sp³-hybridized carbons (Fsp3) is 0.511. The zero-order valence-electron chi connectivity index (χ0n) is 39.7. The lowest BCUT2D eigenvalue weighted by Gasteiger charge is -2.36. The van der Waals surface area contributed by atoms with Crippen molar-refractivity contribution in [3.63, 3.8) is 0 Å². The summed E-state index contributed by atoms with van der Waals surface area (Å²) in [6.07, 6.45) is 6.95. The van der Waals surface area contributed by atoms with Crippen molar-refractivity contribution in [3.05, 3.63) is 76.2 Å². The van der Waals surface area contributed by atoms with Gasteiger partial charge in [0.15, 0.2) is 0 Å².